The van der Waals surface area contributed by atoms with Crippen LogP contribution in [0.5, 0.6) is 0 Å². The molecule has 0 radical (unpaired) electrons. The van der Waals surface area contributed by atoms with Gasteiger partial charge >= 0.3 is 0 Å². The average Bonchev–Trinajstić information content (AvgIpc) is 2.69. The van der Waals surface area contributed by atoms with E-state index in [4.69, 9.17) is 0 Å². The first-order valence-electron chi connectivity index (χ1n) is 5.18. The van der Waals surface area contributed by atoms with Gasteiger partial charge in [0.05, 0.1) is 4.92 Å². The Hall–Kier alpha value is -1.58. The first-order valence-corrected chi connectivity index (χ1v) is 5.18. The van der Waals surface area contributed by atoms with Gasteiger partial charge in [-0.25, -0.2) is 0 Å². The number of hydrogen-bond acceptors (Lipinski definition) is 3. The van der Waals surface area contributed by atoms with Crippen LogP contribution in [0.15, 0.2) is 18.2 Å². The smallest absolute Gasteiger partial charge is 0.271 e. The van der Waals surface area contributed by atoms with E-state index in [1.807, 2.05) is 13.0 Å². The van der Waals surface area contributed by atoms with Gasteiger partial charge in [-0.3, -0.25) is 10.1 Å². The maximum Gasteiger partial charge on any atom is 0.271 e. The first kappa shape index (κ1) is 9.96. The number of benzene rings is 1. The van der Waals surface area contributed by atoms with E-state index in [0.29, 0.717) is 0 Å². The van der Waals surface area contributed by atoms with E-state index in [2.05, 4.69) is 4.90 Å². The Balaban J connectivity index is 2.34. The number of anilines is 1. The van der Waals surface area contributed by atoms with E-state index in [9.17, 15) is 10.1 Å². The summed E-state index contributed by atoms with van der Waals surface area (Å²) in [7, 11) is 0. The normalized spacial score (nSPS) is 15.7. The van der Waals surface area contributed by atoms with Gasteiger partial charge in [-0.15, -0.1) is 0 Å². The zero-order valence-corrected chi connectivity index (χ0v) is 8.77. The standard InChI is InChI=1S/C11H14N2O2/c1-9-6-10(12-4-2-3-5-12)8-11(7-9)13(14)15/h6-8H,2-5H2,1H3. The van der Waals surface area contributed by atoms with Crippen molar-refractivity contribution in [1.29, 1.82) is 0 Å². The Kier molecular flexibility index (Phi) is 2.58. The van der Waals surface area contributed by atoms with Crippen LogP contribution < -0.4 is 4.90 Å². The van der Waals surface area contributed by atoms with E-state index in [-0.39, 0.29) is 10.6 Å². The van der Waals surface area contributed by atoms with Crippen molar-refractivity contribution < 1.29 is 4.92 Å². The van der Waals surface area contributed by atoms with E-state index in [1.165, 1.54) is 12.8 Å². The van der Waals surface area contributed by atoms with Crippen molar-refractivity contribution >= 4 is 11.4 Å². The van der Waals surface area contributed by atoms with Crippen LogP contribution in [0.1, 0.15) is 18.4 Å². The summed E-state index contributed by atoms with van der Waals surface area (Å²) >= 11 is 0. The van der Waals surface area contributed by atoms with Crippen molar-refractivity contribution in [3.63, 3.8) is 0 Å². The molecular formula is C11H14N2O2. The highest BCUT2D eigenvalue weighted by Crippen LogP contribution is 2.26. The van der Waals surface area contributed by atoms with Gasteiger partial charge in [0.25, 0.3) is 5.69 Å². The van der Waals surface area contributed by atoms with Crippen LogP contribution >= 0.6 is 0 Å². The fourth-order valence-electron chi connectivity index (χ4n) is 2.01. The van der Waals surface area contributed by atoms with Gasteiger partial charge in [-0.2, -0.15) is 0 Å². The van der Waals surface area contributed by atoms with E-state index in [1.54, 1.807) is 12.1 Å². The molecule has 1 heterocycles. The van der Waals surface area contributed by atoms with E-state index in [0.717, 1.165) is 24.3 Å². The topological polar surface area (TPSA) is 46.4 Å². The Morgan fingerprint density at radius 3 is 2.53 bits per heavy atom. The lowest BCUT2D eigenvalue weighted by molar-refractivity contribution is -0.384. The number of non-ortho nitro benzene ring substituents is 1. The zero-order valence-electron chi connectivity index (χ0n) is 8.77. The molecule has 1 aliphatic heterocycles. The fraction of sp³-hybridized carbons (Fsp3) is 0.455. The summed E-state index contributed by atoms with van der Waals surface area (Å²) in [6.07, 6.45) is 2.36. The molecule has 0 aromatic heterocycles. The Morgan fingerprint density at radius 2 is 1.93 bits per heavy atom. The van der Waals surface area contributed by atoms with Crippen molar-refractivity contribution in [1.82, 2.24) is 0 Å². The maximum atomic E-state index is 10.7. The average molecular weight is 206 g/mol. The molecule has 1 aromatic carbocycles. The van der Waals surface area contributed by atoms with Gasteiger partial charge in [-0.05, 0) is 31.4 Å². The van der Waals surface area contributed by atoms with Gasteiger partial charge < -0.3 is 4.90 Å². The SMILES string of the molecule is Cc1cc(N2CCCC2)cc([N+](=O)[O-])c1. The molecule has 1 saturated heterocycles. The van der Waals surface area contributed by atoms with Gasteiger partial charge in [-0.1, -0.05) is 0 Å². The molecule has 0 unspecified atom stereocenters. The predicted octanol–water partition coefficient (Wildman–Crippen LogP) is 2.50. The largest absolute Gasteiger partial charge is 0.371 e. The lowest BCUT2D eigenvalue weighted by Crippen LogP contribution is -2.17. The number of nitrogens with zero attached hydrogens (tertiary/aromatic N) is 2. The lowest BCUT2D eigenvalue weighted by Gasteiger charge is -2.17. The molecule has 0 spiro atoms. The monoisotopic (exact) mass is 206 g/mol. The predicted molar refractivity (Wildman–Crippen MR) is 59.3 cm³/mol. The molecule has 0 N–H and O–H groups in total. The molecule has 1 aliphatic rings. The third-order valence-electron chi connectivity index (χ3n) is 2.73. The minimum atomic E-state index is -0.327. The zero-order chi connectivity index (χ0) is 10.8. The summed E-state index contributed by atoms with van der Waals surface area (Å²) in [6, 6.07) is 5.29. The molecule has 0 saturated carbocycles. The number of nitro groups is 1. The maximum absolute atomic E-state index is 10.7. The lowest BCUT2D eigenvalue weighted by atomic mass is 10.2. The van der Waals surface area contributed by atoms with Crippen molar-refractivity contribution in [2.24, 2.45) is 0 Å². The van der Waals surface area contributed by atoms with E-state index < -0.39 is 0 Å². The first-order chi connectivity index (χ1) is 7.16. The van der Waals surface area contributed by atoms with Crippen LogP contribution in [0.3, 0.4) is 0 Å². The fourth-order valence-corrected chi connectivity index (χ4v) is 2.01. The minimum absolute atomic E-state index is 0.192. The van der Waals surface area contributed by atoms with Crippen molar-refractivity contribution in [3.8, 4) is 0 Å². The number of hydrogen-bond donors (Lipinski definition) is 0. The summed E-state index contributed by atoms with van der Waals surface area (Å²) < 4.78 is 0. The third kappa shape index (κ3) is 2.09. The number of aryl methyl sites for hydroxylation is 1. The second-order valence-corrected chi connectivity index (χ2v) is 3.98. The summed E-state index contributed by atoms with van der Waals surface area (Å²) in [5, 5.41) is 10.7. The molecule has 1 aromatic rings. The highest BCUT2D eigenvalue weighted by Gasteiger charge is 2.15. The van der Waals surface area contributed by atoms with Crippen LogP contribution in [0.2, 0.25) is 0 Å². The summed E-state index contributed by atoms with van der Waals surface area (Å²) in [6.45, 7) is 3.92. The van der Waals surface area contributed by atoms with Gasteiger partial charge in [0.1, 0.15) is 0 Å². The Bertz CT molecular complexity index is 384. The van der Waals surface area contributed by atoms with Crippen molar-refractivity contribution in [3.05, 3.63) is 33.9 Å². The third-order valence-corrected chi connectivity index (χ3v) is 2.73. The Labute approximate surface area is 88.7 Å². The van der Waals surface area contributed by atoms with Crippen LogP contribution in [0.4, 0.5) is 11.4 Å². The van der Waals surface area contributed by atoms with Crippen LogP contribution in [0.25, 0.3) is 0 Å². The van der Waals surface area contributed by atoms with Crippen molar-refractivity contribution in [2.75, 3.05) is 18.0 Å². The molecule has 15 heavy (non-hydrogen) atoms. The van der Waals surface area contributed by atoms with E-state index >= 15 is 0 Å². The highest BCUT2D eigenvalue weighted by atomic mass is 16.6. The molecule has 0 amide bonds. The molecule has 1 fully saturated rings. The molecular weight excluding hydrogens is 192 g/mol. The molecule has 0 bridgehead atoms. The molecule has 0 atom stereocenters. The molecule has 80 valence electrons. The number of nitro benzene ring substituents is 1. The second kappa shape index (κ2) is 3.88. The summed E-state index contributed by atoms with van der Waals surface area (Å²) in [5.41, 5.74) is 2.13. The van der Waals surface area contributed by atoms with Crippen LogP contribution in [-0.2, 0) is 0 Å². The van der Waals surface area contributed by atoms with Gasteiger partial charge in [0, 0.05) is 30.9 Å². The number of rotatable bonds is 2. The summed E-state index contributed by atoms with van der Waals surface area (Å²) in [5.74, 6) is 0. The van der Waals surface area contributed by atoms with Crippen LogP contribution in [-0.4, -0.2) is 18.0 Å². The Morgan fingerprint density at radius 1 is 1.27 bits per heavy atom. The molecule has 2 rings (SSSR count). The molecule has 4 nitrogen and oxygen atoms in total. The van der Waals surface area contributed by atoms with Gasteiger partial charge in [0.2, 0.25) is 0 Å². The summed E-state index contributed by atoms with van der Waals surface area (Å²) in [4.78, 5) is 12.6. The quantitative estimate of drug-likeness (QED) is 0.551. The minimum Gasteiger partial charge on any atom is -0.371 e. The molecule has 4 heteroatoms. The molecule has 0 aliphatic carbocycles. The second-order valence-electron chi connectivity index (χ2n) is 3.98. The van der Waals surface area contributed by atoms with Gasteiger partial charge in [0.15, 0.2) is 0 Å². The van der Waals surface area contributed by atoms with Crippen molar-refractivity contribution in [2.45, 2.75) is 19.8 Å². The highest BCUT2D eigenvalue weighted by molar-refractivity contribution is 5.56. The van der Waals surface area contributed by atoms with Crippen LogP contribution in [0, 0.1) is 17.0 Å².